The lowest BCUT2D eigenvalue weighted by atomic mass is 9.71. The number of piperidine rings is 1. The molecule has 0 radical (unpaired) electrons. The minimum atomic E-state index is -0.255. The van der Waals surface area contributed by atoms with E-state index in [2.05, 4.69) is 48.2 Å². The van der Waals surface area contributed by atoms with Crippen molar-refractivity contribution in [2.24, 2.45) is 0 Å². The van der Waals surface area contributed by atoms with E-state index in [1.807, 2.05) is 12.1 Å². The van der Waals surface area contributed by atoms with Gasteiger partial charge >= 0.3 is 0 Å². The van der Waals surface area contributed by atoms with Crippen LogP contribution in [0.25, 0.3) is 0 Å². The summed E-state index contributed by atoms with van der Waals surface area (Å²) in [6, 6.07) is 16.9. The van der Waals surface area contributed by atoms with Gasteiger partial charge in [0.15, 0.2) is 5.78 Å². The number of benzene rings is 2. The molecule has 1 unspecified atom stereocenters. The third-order valence-corrected chi connectivity index (χ3v) is 6.28. The standard InChI is InChI=1S/C23H27NO.ClH/c1-18-8-2-3-9-19(18)13-17-24-16-7-6-14-23(24)15-12-20-10-4-5-11-21(20)22(23)25;/h2-5,8-11H,6-7,12-17H2,1H3;1H. The SMILES string of the molecule is Cc1ccccc1CCN1CCCCC12CCc1ccccc1C2=O.Cl. The van der Waals surface area contributed by atoms with Crippen molar-refractivity contribution in [1.29, 1.82) is 0 Å². The van der Waals surface area contributed by atoms with Crippen LogP contribution in [-0.4, -0.2) is 29.3 Å². The van der Waals surface area contributed by atoms with Crippen LogP contribution in [0.2, 0.25) is 0 Å². The lowest BCUT2D eigenvalue weighted by molar-refractivity contribution is 0.0298. The molecule has 138 valence electrons. The second-order valence-corrected chi connectivity index (χ2v) is 7.64. The van der Waals surface area contributed by atoms with E-state index in [-0.39, 0.29) is 17.9 Å². The van der Waals surface area contributed by atoms with E-state index in [1.165, 1.54) is 29.5 Å². The normalized spacial score (nSPS) is 22.7. The molecule has 2 nitrogen and oxygen atoms in total. The Bertz CT molecular complexity index is 787. The summed E-state index contributed by atoms with van der Waals surface area (Å²) in [5.41, 5.74) is 4.72. The van der Waals surface area contributed by atoms with Crippen molar-refractivity contribution in [1.82, 2.24) is 4.90 Å². The third-order valence-electron chi connectivity index (χ3n) is 6.28. The Morgan fingerprint density at radius 1 is 1.00 bits per heavy atom. The van der Waals surface area contributed by atoms with Crippen LogP contribution < -0.4 is 0 Å². The zero-order chi connectivity index (χ0) is 17.3. The highest BCUT2D eigenvalue weighted by Gasteiger charge is 2.47. The van der Waals surface area contributed by atoms with Crippen LogP contribution in [0.1, 0.15) is 52.7 Å². The molecule has 1 heterocycles. The maximum Gasteiger partial charge on any atom is 0.183 e. The number of carbonyl (C=O) groups excluding carboxylic acids is 1. The van der Waals surface area contributed by atoms with E-state index in [9.17, 15) is 4.79 Å². The van der Waals surface area contributed by atoms with Gasteiger partial charge in [-0.2, -0.15) is 0 Å². The molecule has 26 heavy (non-hydrogen) atoms. The second kappa shape index (κ2) is 7.94. The summed E-state index contributed by atoms with van der Waals surface area (Å²) in [4.78, 5) is 16.0. The van der Waals surface area contributed by atoms with E-state index in [0.29, 0.717) is 5.78 Å². The van der Waals surface area contributed by atoms with Crippen molar-refractivity contribution < 1.29 is 4.79 Å². The van der Waals surface area contributed by atoms with Gasteiger partial charge in [-0.05, 0) is 68.7 Å². The molecule has 0 saturated carbocycles. The van der Waals surface area contributed by atoms with E-state index < -0.39 is 0 Å². The van der Waals surface area contributed by atoms with E-state index in [1.54, 1.807) is 0 Å². The minimum Gasteiger partial charge on any atom is -0.292 e. The molecule has 0 amide bonds. The van der Waals surface area contributed by atoms with Crippen LogP contribution in [0.5, 0.6) is 0 Å². The highest BCUT2D eigenvalue weighted by Crippen LogP contribution is 2.39. The fourth-order valence-electron chi connectivity index (χ4n) is 4.77. The summed E-state index contributed by atoms with van der Waals surface area (Å²) < 4.78 is 0. The average molecular weight is 370 g/mol. The smallest absolute Gasteiger partial charge is 0.183 e. The van der Waals surface area contributed by atoms with E-state index >= 15 is 0 Å². The quantitative estimate of drug-likeness (QED) is 0.757. The molecule has 2 aliphatic rings. The van der Waals surface area contributed by atoms with E-state index in [0.717, 1.165) is 44.3 Å². The first-order chi connectivity index (χ1) is 12.2. The highest BCUT2D eigenvalue weighted by atomic mass is 35.5. The van der Waals surface area contributed by atoms with Gasteiger partial charge in [0.2, 0.25) is 0 Å². The number of aryl methyl sites for hydroxylation is 2. The fourth-order valence-corrected chi connectivity index (χ4v) is 4.77. The lowest BCUT2D eigenvalue weighted by Gasteiger charge is -2.48. The Morgan fingerprint density at radius 2 is 1.77 bits per heavy atom. The van der Waals surface area contributed by atoms with E-state index in [4.69, 9.17) is 0 Å². The molecule has 1 aliphatic carbocycles. The first-order valence-corrected chi connectivity index (χ1v) is 9.63. The van der Waals surface area contributed by atoms with Gasteiger partial charge < -0.3 is 0 Å². The predicted molar refractivity (Wildman–Crippen MR) is 109 cm³/mol. The lowest BCUT2D eigenvalue weighted by Crippen LogP contribution is -2.59. The molecule has 1 spiro atoms. The van der Waals surface area contributed by atoms with Crippen molar-refractivity contribution >= 4 is 18.2 Å². The number of nitrogens with zero attached hydrogens (tertiary/aromatic N) is 1. The summed E-state index contributed by atoms with van der Waals surface area (Å²) in [5, 5.41) is 0. The van der Waals surface area contributed by atoms with Gasteiger partial charge in [0.1, 0.15) is 0 Å². The Hall–Kier alpha value is -1.64. The summed E-state index contributed by atoms with van der Waals surface area (Å²) in [7, 11) is 0. The van der Waals surface area contributed by atoms with Crippen LogP contribution >= 0.6 is 12.4 Å². The zero-order valence-corrected chi connectivity index (χ0v) is 16.4. The van der Waals surface area contributed by atoms with Crippen LogP contribution in [0.3, 0.4) is 0 Å². The van der Waals surface area contributed by atoms with Crippen LogP contribution in [0.15, 0.2) is 48.5 Å². The number of Topliss-reactive ketones (excluding diaryl/α,β-unsaturated/α-hetero) is 1. The maximum absolute atomic E-state index is 13.4. The molecule has 0 bridgehead atoms. The summed E-state index contributed by atoms with van der Waals surface area (Å²) in [5.74, 6) is 0.374. The van der Waals surface area contributed by atoms with Gasteiger partial charge in [-0.3, -0.25) is 9.69 Å². The monoisotopic (exact) mass is 369 g/mol. The molecular weight excluding hydrogens is 342 g/mol. The number of hydrogen-bond donors (Lipinski definition) is 0. The number of rotatable bonds is 3. The molecule has 0 aromatic heterocycles. The molecule has 4 rings (SSSR count). The zero-order valence-electron chi connectivity index (χ0n) is 15.5. The van der Waals surface area contributed by atoms with Crippen molar-refractivity contribution in [3.63, 3.8) is 0 Å². The van der Waals surface area contributed by atoms with Gasteiger partial charge in [0, 0.05) is 12.1 Å². The number of hydrogen-bond acceptors (Lipinski definition) is 2. The van der Waals surface area contributed by atoms with Crippen molar-refractivity contribution in [3.8, 4) is 0 Å². The molecule has 3 heteroatoms. The first kappa shape index (κ1) is 19.1. The van der Waals surface area contributed by atoms with Gasteiger partial charge in [-0.25, -0.2) is 0 Å². The molecule has 1 fully saturated rings. The van der Waals surface area contributed by atoms with Gasteiger partial charge in [0.25, 0.3) is 0 Å². The summed E-state index contributed by atoms with van der Waals surface area (Å²) in [6.45, 7) is 4.22. The van der Waals surface area contributed by atoms with Crippen LogP contribution in [-0.2, 0) is 12.8 Å². The molecule has 1 saturated heterocycles. The molecule has 2 aromatic carbocycles. The summed E-state index contributed by atoms with van der Waals surface area (Å²) in [6.07, 6.45) is 6.45. The number of likely N-dealkylation sites (tertiary alicyclic amines) is 1. The van der Waals surface area contributed by atoms with Crippen LogP contribution in [0.4, 0.5) is 0 Å². The van der Waals surface area contributed by atoms with Gasteiger partial charge in [0.05, 0.1) is 5.54 Å². The summed E-state index contributed by atoms with van der Waals surface area (Å²) >= 11 is 0. The molecule has 1 aliphatic heterocycles. The number of carbonyl (C=O) groups is 1. The Labute approximate surface area is 163 Å². The molecular formula is C23H28ClNO. The number of halogens is 1. The third kappa shape index (κ3) is 3.33. The van der Waals surface area contributed by atoms with Crippen molar-refractivity contribution in [2.45, 2.75) is 51.0 Å². The number of ketones is 1. The maximum atomic E-state index is 13.4. The second-order valence-electron chi connectivity index (χ2n) is 7.64. The minimum absolute atomic E-state index is 0. The number of fused-ring (bicyclic) bond motifs is 1. The van der Waals surface area contributed by atoms with Crippen molar-refractivity contribution in [3.05, 3.63) is 70.8 Å². The Kier molecular flexibility index (Phi) is 5.84. The fraction of sp³-hybridized carbons (Fsp3) is 0.435. The Morgan fingerprint density at radius 3 is 2.62 bits per heavy atom. The molecule has 2 aromatic rings. The van der Waals surface area contributed by atoms with Gasteiger partial charge in [-0.1, -0.05) is 48.5 Å². The predicted octanol–water partition coefficient (Wildman–Crippen LogP) is 5.01. The Balaban J connectivity index is 0.00000196. The highest BCUT2D eigenvalue weighted by molar-refractivity contribution is 6.05. The van der Waals surface area contributed by atoms with Crippen molar-refractivity contribution in [2.75, 3.05) is 13.1 Å². The van der Waals surface area contributed by atoms with Gasteiger partial charge in [-0.15, -0.1) is 12.4 Å². The average Bonchev–Trinajstić information content (AvgIpc) is 2.65. The molecule has 1 atom stereocenters. The molecule has 0 N–H and O–H groups in total. The largest absolute Gasteiger partial charge is 0.292 e. The first-order valence-electron chi connectivity index (χ1n) is 9.63. The topological polar surface area (TPSA) is 20.3 Å². The van der Waals surface area contributed by atoms with Crippen LogP contribution in [0, 0.1) is 6.92 Å².